The number of methoxy groups -OCH3 is 1. The van der Waals surface area contributed by atoms with E-state index in [1.165, 1.54) is 0 Å². The molecule has 0 radical (unpaired) electrons. The molecule has 1 aromatic rings. The monoisotopic (exact) mass is 416 g/mol. The standard InChI is InChI=1S/C15H22N2O4S.C2H2O4/c1-21-13-4-2-12(3-5-13)16-6-8-17(9-7-16)14-10-22(19,20)11-15(14)18;3-1(4)2(5)6/h2-5,14-15,18H,6-11H2,1H3;(H,3,4)(H,5,6). The van der Waals surface area contributed by atoms with Gasteiger partial charge in [0.1, 0.15) is 5.75 Å². The first-order chi connectivity index (χ1) is 13.1. The number of aliphatic carboxylic acids is 2. The predicted octanol–water partition coefficient (Wildman–Crippen LogP) is -0.869. The molecule has 156 valence electrons. The second-order valence-corrected chi connectivity index (χ2v) is 8.70. The summed E-state index contributed by atoms with van der Waals surface area (Å²) >= 11 is 0. The summed E-state index contributed by atoms with van der Waals surface area (Å²) in [6.45, 7) is 3.19. The number of anilines is 1. The smallest absolute Gasteiger partial charge is 0.414 e. The summed E-state index contributed by atoms with van der Waals surface area (Å²) in [4.78, 5) is 22.6. The van der Waals surface area contributed by atoms with Crippen molar-refractivity contribution in [3.8, 4) is 5.75 Å². The summed E-state index contributed by atoms with van der Waals surface area (Å²) in [6.07, 6.45) is -0.752. The van der Waals surface area contributed by atoms with Crippen LogP contribution in [0.5, 0.6) is 5.75 Å². The zero-order valence-electron chi connectivity index (χ0n) is 15.4. The summed E-state index contributed by atoms with van der Waals surface area (Å²) in [5, 5.41) is 24.8. The molecule has 2 fully saturated rings. The second-order valence-electron chi connectivity index (χ2n) is 6.54. The second kappa shape index (κ2) is 9.22. The summed E-state index contributed by atoms with van der Waals surface area (Å²) in [5.41, 5.74) is 1.14. The predicted molar refractivity (Wildman–Crippen MR) is 101 cm³/mol. The number of hydrogen-bond acceptors (Lipinski definition) is 8. The van der Waals surface area contributed by atoms with E-state index in [4.69, 9.17) is 24.5 Å². The van der Waals surface area contributed by atoms with Gasteiger partial charge in [0.15, 0.2) is 9.84 Å². The molecule has 1 aromatic carbocycles. The quantitative estimate of drug-likeness (QED) is 0.532. The number of ether oxygens (including phenoxy) is 1. The van der Waals surface area contributed by atoms with Gasteiger partial charge in [-0.25, -0.2) is 18.0 Å². The fourth-order valence-corrected chi connectivity index (χ4v) is 5.10. The molecule has 0 amide bonds. The fraction of sp³-hybridized carbons (Fsp3) is 0.529. The maximum Gasteiger partial charge on any atom is 0.414 e. The highest BCUT2D eigenvalue weighted by Gasteiger charge is 2.40. The molecule has 2 heterocycles. The third-order valence-corrected chi connectivity index (χ3v) is 6.40. The Morgan fingerprint density at radius 1 is 1.00 bits per heavy atom. The van der Waals surface area contributed by atoms with Crippen molar-refractivity contribution in [2.75, 3.05) is 49.7 Å². The van der Waals surface area contributed by atoms with E-state index >= 15 is 0 Å². The molecule has 0 saturated carbocycles. The van der Waals surface area contributed by atoms with Crippen LogP contribution in [0.2, 0.25) is 0 Å². The number of hydrogen-bond donors (Lipinski definition) is 3. The Morgan fingerprint density at radius 3 is 1.93 bits per heavy atom. The van der Waals surface area contributed by atoms with Gasteiger partial charge < -0.3 is 25.0 Å². The van der Waals surface area contributed by atoms with Gasteiger partial charge in [0.25, 0.3) is 0 Å². The van der Waals surface area contributed by atoms with Gasteiger partial charge in [0, 0.05) is 31.9 Å². The number of nitrogens with zero attached hydrogens (tertiary/aromatic N) is 2. The molecule has 11 heteroatoms. The van der Waals surface area contributed by atoms with Gasteiger partial charge in [-0.15, -0.1) is 0 Å². The van der Waals surface area contributed by atoms with E-state index in [-0.39, 0.29) is 17.5 Å². The van der Waals surface area contributed by atoms with Crippen molar-refractivity contribution in [2.45, 2.75) is 12.1 Å². The summed E-state index contributed by atoms with van der Waals surface area (Å²) in [7, 11) is -1.44. The first-order valence-corrected chi connectivity index (χ1v) is 10.4. The van der Waals surface area contributed by atoms with Crippen molar-refractivity contribution in [2.24, 2.45) is 0 Å². The molecule has 0 bridgehead atoms. The van der Waals surface area contributed by atoms with Crippen molar-refractivity contribution >= 4 is 27.5 Å². The zero-order valence-corrected chi connectivity index (χ0v) is 16.2. The fourth-order valence-electron chi connectivity index (χ4n) is 3.26. The van der Waals surface area contributed by atoms with Crippen molar-refractivity contribution < 1.29 is 38.1 Å². The first-order valence-electron chi connectivity index (χ1n) is 8.60. The number of aliphatic hydroxyl groups excluding tert-OH is 1. The maximum atomic E-state index is 11.6. The van der Waals surface area contributed by atoms with Crippen LogP contribution in [0.3, 0.4) is 0 Å². The highest BCUT2D eigenvalue weighted by molar-refractivity contribution is 7.91. The van der Waals surface area contributed by atoms with Gasteiger partial charge in [-0.1, -0.05) is 0 Å². The molecule has 3 rings (SSSR count). The van der Waals surface area contributed by atoms with Crippen LogP contribution in [0.1, 0.15) is 0 Å². The van der Waals surface area contributed by atoms with Crippen LogP contribution in [0.25, 0.3) is 0 Å². The molecule has 0 aliphatic carbocycles. The molecule has 2 aliphatic heterocycles. The number of piperazine rings is 1. The van der Waals surface area contributed by atoms with Crippen molar-refractivity contribution in [3.05, 3.63) is 24.3 Å². The van der Waals surface area contributed by atoms with Gasteiger partial charge in [0.05, 0.1) is 30.8 Å². The first kappa shape index (κ1) is 21.9. The number of benzene rings is 1. The van der Waals surface area contributed by atoms with Crippen molar-refractivity contribution in [3.63, 3.8) is 0 Å². The minimum Gasteiger partial charge on any atom is -0.497 e. The van der Waals surface area contributed by atoms with Gasteiger partial charge in [0.2, 0.25) is 0 Å². The Labute approximate surface area is 162 Å². The maximum absolute atomic E-state index is 11.6. The lowest BCUT2D eigenvalue weighted by molar-refractivity contribution is -0.159. The van der Waals surface area contributed by atoms with E-state index in [0.717, 1.165) is 37.6 Å². The molecule has 2 atom stereocenters. The number of carboxylic acids is 2. The number of carboxylic acid groups (broad SMARTS) is 2. The molecule has 10 nitrogen and oxygen atoms in total. The third-order valence-electron chi connectivity index (χ3n) is 4.70. The molecule has 2 unspecified atom stereocenters. The molecule has 0 spiro atoms. The topological polar surface area (TPSA) is 145 Å². The average molecular weight is 416 g/mol. The minimum atomic E-state index is -3.09. The Hall–Kier alpha value is -2.37. The minimum absolute atomic E-state index is 0.0801. The van der Waals surface area contributed by atoms with Crippen molar-refractivity contribution in [1.29, 1.82) is 0 Å². The largest absolute Gasteiger partial charge is 0.497 e. The molecule has 0 aromatic heterocycles. The lowest BCUT2D eigenvalue weighted by atomic mass is 10.1. The third kappa shape index (κ3) is 5.81. The summed E-state index contributed by atoms with van der Waals surface area (Å²) < 4.78 is 28.4. The molecule has 3 N–H and O–H groups in total. The molecule has 2 aliphatic rings. The van der Waals surface area contributed by atoms with Gasteiger partial charge in [-0.05, 0) is 24.3 Å². The van der Waals surface area contributed by atoms with Crippen LogP contribution in [0.4, 0.5) is 5.69 Å². The van der Waals surface area contributed by atoms with E-state index < -0.39 is 27.9 Å². The van der Waals surface area contributed by atoms with E-state index in [1.54, 1.807) is 7.11 Å². The van der Waals surface area contributed by atoms with Crippen molar-refractivity contribution in [1.82, 2.24) is 4.90 Å². The molecular weight excluding hydrogens is 392 g/mol. The highest BCUT2D eigenvalue weighted by atomic mass is 32.2. The van der Waals surface area contributed by atoms with Crippen LogP contribution in [0, 0.1) is 0 Å². The zero-order chi connectivity index (χ0) is 20.9. The van der Waals surface area contributed by atoms with E-state index in [0.29, 0.717) is 0 Å². The lowest BCUT2D eigenvalue weighted by Gasteiger charge is -2.39. The summed E-state index contributed by atoms with van der Waals surface area (Å²) in [6, 6.07) is 7.69. The Morgan fingerprint density at radius 2 is 1.54 bits per heavy atom. The van der Waals surface area contributed by atoms with Gasteiger partial charge in [-0.3, -0.25) is 4.90 Å². The molecule has 2 saturated heterocycles. The van der Waals surface area contributed by atoms with Crippen LogP contribution in [0.15, 0.2) is 24.3 Å². The average Bonchev–Trinajstić information content (AvgIpc) is 2.95. The van der Waals surface area contributed by atoms with Gasteiger partial charge in [-0.2, -0.15) is 0 Å². The molecule has 28 heavy (non-hydrogen) atoms. The number of rotatable bonds is 3. The van der Waals surface area contributed by atoms with Crippen LogP contribution < -0.4 is 9.64 Å². The van der Waals surface area contributed by atoms with E-state index in [1.807, 2.05) is 24.3 Å². The number of carbonyl (C=O) groups is 2. The Bertz CT molecular complexity index is 776. The number of aliphatic hydroxyl groups is 1. The van der Waals surface area contributed by atoms with E-state index in [9.17, 15) is 13.5 Å². The highest BCUT2D eigenvalue weighted by Crippen LogP contribution is 2.23. The normalized spacial score (nSPS) is 24.1. The molecular formula is C17H24N2O8S. The van der Waals surface area contributed by atoms with Crippen LogP contribution in [-0.4, -0.2) is 97.5 Å². The Balaban J connectivity index is 0.000000409. The summed E-state index contributed by atoms with van der Waals surface area (Å²) in [5.74, 6) is -2.83. The number of sulfone groups is 1. The van der Waals surface area contributed by atoms with E-state index in [2.05, 4.69) is 9.80 Å². The lowest BCUT2D eigenvalue weighted by Crippen LogP contribution is -2.53. The Kier molecular flexibility index (Phi) is 7.22. The van der Waals surface area contributed by atoms with Gasteiger partial charge >= 0.3 is 11.9 Å². The SMILES string of the molecule is COc1ccc(N2CCN(C3CS(=O)(=O)CC3O)CC2)cc1.O=C(O)C(=O)O. The van der Waals surface area contributed by atoms with Crippen LogP contribution in [-0.2, 0) is 19.4 Å². The van der Waals surface area contributed by atoms with Crippen LogP contribution >= 0.6 is 0 Å².